The molecular weight excluding hydrogens is 392 g/mol. The number of carbonyl (C=O) groups excluding carboxylic acids is 3. The first-order chi connectivity index (χ1) is 14.6. The fourth-order valence-corrected chi connectivity index (χ4v) is 4.19. The smallest absolute Gasteiger partial charge is 0.308 e. The van der Waals surface area contributed by atoms with Gasteiger partial charge in [-0.15, -0.1) is 0 Å². The summed E-state index contributed by atoms with van der Waals surface area (Å²) < 4.78 is 27.8. The van der Waals surface area contributed by atoms with Crippen LogP contribution in [0.15, 0.2) is 30.3 Å². The van der Waals surface area contributed by atoms with Gasteiger partial charge in [-0.3, -0.25) is 14.4 Å². The van der Waals surface area contributed by atoms with Crippen LogP contribution in [0.5, 0.6) is 0 Å². The van der Waals surface area contributed by atoms with E-state index in [2.05, 4.69) is 4.74 Å². The van der Waals surface area contributed by atoms with Crippen molar-refractivity contribution < 1.29 is 38.1 Å². The number of benzene rings is 1. The second-order valence-corrected chi connectivity index (χ2v) is 7.81. The lowest BCUT2D eigenvalue weighted by Gasteiger charge is -2.41. The SMILES string of the molecule is COC(=O)CC1CCC2O[C@H]3C(=O)C(CCOCc4ccccc4)OC3C(=O)[C@H]2O1. The van der Waals surface area contributed by atoms with Crippen LogP contribution in [0.3, 0.4) is 0 Å². The van der Waals surface area contributed by atoms with E-state index >= 15 is 0 Å². The van der Waals surface area contributed by atoms with Crippen molar-refractivity contribution in [2.24, 2.45) is 0 Å². The Bertz CT molecular complexity index is 779. The highest BCUT2D eigenvalue weighted by Crippen LogP contribution is 2.36. The molecule has 4 unspecified atom stereocenters. The van der Waals surface area contributed by atoms with Crippen molar-refractivity contribution in [1.29, 1.82) is 0 Å². The van der Waals surface area contributed by atoms with Crippen molar-refractivity contribution in [3.05, 3.63) is 35.9 Å². The molecule has 0 aliphatic carbocycles. The molecule has 1 aromatic rings. The van der Waals surface area contributed by atoms with Crippen LogP contribution in [0.25, 0.3) is 0 Å². The fourth-order valence-electron chi connectivity index (χ4n) is 4.19. The van der Waals surface area contributed by atoms with Crippen LogP contribution in [0.1, 0.15) is 31.2 Å². The Morgan fingerprint density at radius 3 is 2.53 bits per heavy atom. The Morgan fingerprint density at radius 1 is 1.00 bits per heavy atom. The van der Waals surface area contributed by atoms with E-state index in [0.717, 1.165) is 5.56 Å². The minimum absolute atomic E-state index is 0.0856. The zero-order chi connectivity index (χ0) is 21.1. The van der Waals surface area contributed by atoms with E-state index in [1.54, 1.807) is 0 Å². The predicted molar refractivity (Wildman–Crippen MR) is 103 cm³/mol. The molecule has 0 bridgehead atoms. The zero-order valence-corrected chi connectivity index (χ0v) is 16.9. The van der Waals surface area contributed by atoms with Gasteiger partial charge in [0.15, 0.2) is 23.8 Å². The van der Waals surface area contributed by atoms with E-state index in [4.69, 9.17) is 18.9 Å². The van der Waals surface area contributed by atoms with Gasteiger partial charge < -0.3 is 23.7 Å². The second-order valence-electron chi connectivity index (χ2n) is 7.81. The number of hydrogen-bond donors (Lipinski definition) is 0. The van der Waals surface area contributed by atoms with E-state index in [-0.39, 0.29) is 24.0 Å². The summed E-state index contributed by atoms with van der Waals surface area (Å²) in [6.07, 6.45) is -2.75. The van der Waals surface area contributed by atoms with Crippen LogP contribution in [0.4, 0.5) is 0 Å². The van der Waals surface area contributed by atoms with Gasteiger partial charge in [-0.25, -0.2) is 0 Å². The van der Waals surface area contributed by atoms with Crippen molar-refractivity contribution in [2.45, 2.75) is 68.9 Å². The first-order valence-corrected chi connectivity index (χ1v) is 10.3. The van der Waals surface area contributed by atoms with Gasteiger partial charge in [-0.05, 0) is 18.4 Å². The van der Waals surface area contributed by atoms with Gasteiger partial charge in [-0.2, -0.15) is 0 Å². The molecule has 3 heterocycles. The number of rotatable bonds is 7. The lowest BCUT2D eigenvalue weighted by molar-refractivity contribution is -0.207. The Kier molecular flexibility index (Phi) is 6.58. The molecular formula is C22H26O8. The predicted octanol–water partition coefficient (Wildman–Crippen LogP) is 1.38. The second kappa shape index (κ2) is 9.34. The van der Waals surface area contributed by atoms with Crippen LogP contribution in [0.2, 0.25) is 0 Å². The van der Waals surface area contributed by atoms with Gasteiger partial charge in [0.2, 0.25) is 0 Å². The molecule has 3 saturated heterocycles. The normalized spacial score (nSPS) is 33.1. The summed E-state index contributed by atoms with van der Waals surface area (Å²) in [7, 11) is 1.31. The zero-order valence-electron chi connectivity index (χ0n) is 16.9. The standard InChI is InChI=1S/C22H26O8/c1-26-17(23)11-14-7-8-16-20(28-14)19(25)22-21(30-16)18(24)15(29-22)9-10-27-12-13-5-3-2-4-6-13/h2-6,14-16,20-22H,7-12H2,1H3/t14?,15?,16?,20-,21-,22?/m0/s1. The molecule has 0 aromatic heterocycles. The minimum atomic E-state index is -0.963. The largest absolute Gasteiger partial charge is 0.469 e. The maximum absolute atomic E-state index is 12.9. The Labute approximate surface area is 174 Å². The van der Waals surface area contributed by atoms with Crippen molar-refractivity contribution >= 4 is 17.5 Å². The van der Waals surface area contributed by atoms with E-state index in [0.29, 0.717) is 32.5 Å². The molecule has 8 nitrogen and oxygen atoms in total. The third-order valence-electron chi connectivity index (χ3n) is 5.77. The van der Waals surface area contributed by atoms with Crippen molar-refractivity contribution in [3.8, 4) is 0 Å². The number of esters is 1. The number of hydrogen-bond acceptors (Lipinski definition) is 8. The van der Waals surface area contributed by atoms with Crippen LogP contribution in [-0.2, 0) is 44.7 Å². The van der Waals surface area contributed by atoms with Gasteiger partial charge in [0.1, 0.15) is 12.2 Å². The van der Waals surface area contributed by atoms with Gasteiger partial charge in [0.05, 0.1) is 32.3 Å². The molecule has 3 fully saturated rings. The van der Waals surface area contributed by atoms with E-state index < -0.39 is 36.6 Å². The average Bonchev–Trinajstić information content (AvgIpc) is 3.08. The maximum Gasteiger partial charge on any atom is 0.308 e. The van der Waals surface area contributed by atoms with Crippen molar-refractivity contribution in [1.82, 2.24) is 0 Å². The molecule has 0 saturated carbocycles. The van der Waals surface area contributed by atoms with E-state index in [9.17, 15) is 14.4 Å². The molecule has 0 radical (unpaired) electrons. The molecule has 8 heteroatoms. The lowest BCUT2D eigenvalue weighted by atomic mass is 9.89. The van der Waals surface area contributed by atoms with Crippen LogP contribution >= 0.6 is 0 Å². The number of ether oxygens (including phenoxy) is 5. The minimum Gasteiger partial charge on any atom is -0.469 e. The molecule has 0 N–H and O–H groups in total. The number of carbonyl (C=O) groups is 3. The van der Waals surface area contributed by atoms with Gasteiger partial charge in [0.25, 0.3) is 0 Å². The molecule has 4 rings (SSSR count). The molecule has 1 aromatic carbocycles. The number of fused-ring (bicyclic) bond motifs is 2. The highest BCUT2D eigenvalue weighted by atomic mass is 16.6. The Balaban J connectivity index is 1.30. The van der Waals surface area contributed by atoms with E-state index in [1.165, 1.54) is 7.11 Å². The van der Waals surface area contributed by atoms with Crippen LogP contribution < -0.4 is 0 Å². The third kappa shape index (κ3) is 4.46. The number of Topliss-reactive ketones (excluding diaryl/α,β-unsaturated/α-hetero) is 2. The molecule has 3 aliphatic rings. The number of ketones is 2. The number of methoxy groups -OCH3 is 1. The third-order valence-corrected chi connectivity index (χ3v) is 5.77. The molecule has 3 aliphatic heterocycles. The van der Waals surface area contributed by atoms with E-state index in [1.807, 2.05) is 30.3 Å². The molecule has 30 heavy (non-hydrogen) atoms. The Morgan fingerprint density at radius 2 is 1.77 bits per heavy atom. The summed E-state index contributed by atoms with van der Waals surface area (Å²) in [4.78, 5) is 37.1. The monoisotopic (exact) mass is 418 g/mol. The summed E-state index contributed by atoms with van der Waals surface area (Å²) >= 11 is 0. The van der Waals surface area contributed by atoms with Crippen molar-refractivity contribution in [2.75, 3.05) is 13.7 Å². The van der Waals surface area contributed by atoms with Gasteiger partial charge in [-0.1, -0.05) is 30.3 Å². The van der Waals surface area contributed by atoms with Crippen LogP contribution in [-0.4, -0.2) is 67.9 Å². The first kappa shape index (κ1) is 21.1. The van der Waals surface area contributed by atoms with Crippen LogP contribution in [0, 0.1) is 0 Å². The molecule has 6 atom stereocenters. The quantitative estimate of drug-likeness (QED) is 0.484. The first-order valence-electron chi connectivity index (χ1n) is 10.3. The summed E-state index contributed by atoms with van der Waals surface area (Å²) in [5.41, 5.74) is 1.05. The molecule has 162 valence electrons. The summed E-state index contributed by atoms with van der Waals surface area (Å²) in [6, 6.07) is 9.74. The fraction of sp³-hybridized carbons (Fsp3) is 0.591. The molecule has 0 amide bonds. The Hall–Kier alpha value is -2.13. The maximum atomic E-state index is 12.9. The topological polar surface area (TPSA) is 97.4 Å². The lowest BCUT2D eigenvalue weighted by Crippen LogP contribution is -2.58. The highest BCUT2D eigenvalue weighted by molar-refractivity contribution is 6.00. The summed E-state index contributed by atoms with van der Waals surface area (Å²) in [5.74, 6) is -0.887. The van der Waals surface area contributed by atoms with Gasteiger partial charge >= 0.3 is 5.97 Å². The van der Waals surface area contributed by atoms with Gasteiger partial charge in [0, 0.05) is 13.0 Å². The average molecular weight is 418 g/mol. The summed E-state index contributed by atoms with van der Waals surface area (Å²) in [5, 5.41) is 0. The van der Waals surface area contributed by atoms with Crippen molar-refractivity contribution in [3.63, 3.8) is 0 Å². The highest BCUT2D eigenvalue weighted by Gasteiger charge is 2.56. The molecule has 0 spiro atoms. The summed E-state index contributed by atoms with van der Waals surface area (Å²) in [6.45, 7) is 0.785.